The second-order valence-electron chi connectivity index (χ2n) is 5.30. The first-order valence-corrected chi connectivity index (χ1v) is 8.09. The molecule has 5 heteroatoms. The summed E-state index contributed by atoms with van der Waals surface area (Å²) in [4.78, 5) is 12.9. The molecule has 3 nitrogen and oxygen atoms in total. The van der Waals surface area contributed by atoms with Gasteiger partial charge >= 0.3 is 0 Å². The Morgan fingerprint density at radius 2 is 1.71 bits per heavy atom. The number of halogens is 2. The number of rotatable bonds is 2. The molecule has 0 N–H and O–H groups in total. The SMILES string of the molecule is Clc1cccc(-c2ncccc2-c2ccc3ncncc3c2)c1Cl. The molecule has 0 saturated carbocycles. The van der Waals surface area contributed by atoms with Crippen molar-refractivity contribution >= 4 is 34.1 Å². The van der Waals surface area contributed by atoms with Crippen LogP contribution in [0.25, 0.3) is 33.3 Å². The highest BCUT2D eigenvalue weighted by Crippen LogP contribution is 2.37. The minimum Gasteiger partial charge on any atom is -0.256 e. The third kappa shape index (κ3) is 2.62. The topological polar surface area (TPSA) is 38.7 Å². The lowest BCUT2D eigenvalue weighted by atomic mass is 9.98. The first kappa shape index (κ1) is 15.1. The summed E-state index contributed by atoms with van der Waals surface area (Å²) in [6.45, 7) is 0. The van der Waals surface area contributed by atoms with Crippen molar-refractivity contribution in [1.29, 1.82) is 0 Å². The van der Waals surface area contributed by atoms with Gasteiger partial charge < -0.3 is 0 Å². The molecule has 0 aliphatic carbocycles. The minimum absolute atomic E-state index is 0.503. The average Bonchev–Trinajstić information content (AvgIpc) is 2.64. The Hall–Kier alpha value is -2.49. The van der Waals surface area contributed by atoms with Crippen LogP contribution in [-0.2, 0) is 0 Å². The van der Waals surface area contributed by atoms with Crippen LogP contribution in [0.15, 0.2) is 67.3 Å². The molecule has 0 amide bonds. The van der Waals surface area contributed by atoms with Crippen molar-refractivity contribution in [3.8, 4) is 22.4 Å². The Morgan fingerprint density at radius 1 is 0.833 bits per heavy atom. The summed E-state index contributed by atoms with van der Waals surface area (Å²) < 4.78 is 0. The Morgan fingerprint density at radius 3 is 2.62 bits per heavy atom. The van der Waals surface area contributed by atoms with Gasteiger partial charge in [-0.05, 0) is 29.8 Å². The van der Waals surface area contributed by atoms with Crippen molar-refractivity contribution in [1.82, 2.24) is 15.0 Å². The fraction of sp³-hybridized carbons (Fsp3) is 0. The van der Waals surface area contributed by atoms with Gasteiger partial charge in [0.2, 0.25) is 0 Å². The molecule has 0 saturated heterocycles. The van der Waals surface area contributed by atoms with Crippen LogP contribution >= 0.6 is 23.2 Å². The molecule has 2 aromatic carbocycles. The molecule has 2 heterocycles. The third-order valence-electron chi connectivity index (χ3n) is 3.83. The molecule has 4 aromatic rings. The summed E-state index contributed by atoms with van der Waals surface area (Å²) in [7, 11) is 0. The average molecular weight is 352 g/mol. The van der Waals surface area contributed by atoms with Gasteiger partial charge in [-0.15, -0.1) is 0 Å². The molecule has 0 bridgehead atoms. The van der Waals surface area contributed by atoms with Gasteiger partial charge in [0.1, 0.15) is 6.33 Å². The van der Waals surface area contributed by atoms with Crippen molar-refractivity contribution in [3.63, 3.8) is 0 Å². The monoisotopic (exact) mass is 351 g/mol. The van der Waals surface area contributed by atoms with Crippen LogP contribution in [0.2, 0.25) is 10.0 Å². The fourth-order valence-corrected chi connectivity index (χ4v) is 3.08. The van der Waals surface area contributed by atoms with E-state index in [-0.39, 0.29) is 0 Å². The van der Waals surface area contributed by atoms with Gasteiger partial charge in [0, 0.05) is 28.9 Å². The van der Waals surface area contributed by atoms with Gasteiger partial charge in [-0.2, -0.15) is 0 Å². The number of fused-ring (bicyclic) bond motifs is 1. The molecular formula is C19H11Cl2N3. The maximum atomic E-state index is 6.39. The number of nitrogens with zero attached hydrogens (tertiary/aromatic N) is 3. The van der Waals surface area contributed by atoms with E-state index in [1.807, 2.05) is 42.5 Å². The van der Waals surface area contributed by atoms with Crippen LogP contribution in [-0.4, -0.2) is 15.0 Å². The molecule has 0 atom stereocenters. The zero-order valence-electron chi connectivity index (χ0n) is 12.4. The molecular weight excluding hydrogens is 341 g/mol. The van der Waals surface area contributed by atoms with E-state index in [2.05, 4.69) is 15.0 Å². The molecule has 2 aromatic heterocycles. The largest absolute Gasteiger partial charge is 0.256 e. The summed E-state index contributed by atoms with van der Waals surface area (Å²) in [6.07, 6.45) is 5.09. The van der Waals surface area contributed by atoms with E-state index in [9.17, 15) is 0 Å². The highest BCUT2D eigenvalue weighted by molar-refractivity contribution is 6.43. The van der Waals surface area contributed by atoms with Gasteiger partial charge in [-0.1, -0.05) is 47.5 Å². The number of benzene rings is 2. The summed E-state index contributed by atoms with van der Waals surface area (Å²) in [5.74, 6) is 0. The van der Waals surface area contributed by atoms with Crippen LogP contribution in [0.3, 0.4) is 0 Å². The predicted octanol–water partition coefficient (Wildman–Crippen LogP) is 5.67. The zero-order valence-corrected chi connectivity index (χ0v) is 14.0. The van der Waals surface area contributed by atoms with E-state index in [0.29, 0.717) is 10.0 Å². The smallest absolute Gasteiger partial charge is 0.116 e. The second-order valence-corrected chi connectivity index (χ2v) is 6.08. The van der Waals surface area contributed by atoms with Crippen molar-refractivity contribution in [2.75, 3.05) is 0 Å². The highest BCUT2D eigenvalue weighted by atomic mass is 35.5. The van der Waals surface area contributed by atoms with Crippen molar-refractivity contribution in [2.45, 2.75) is 0 Å². The molecule has 0 radical (unpaired) electrons. The van der Waals surface area contributed by atoms with E-state index in [1.165, 1.54) is 0 Å². The molecule has 0 unspecified atom stereocenters. The number of pyridine rings is 1. The van der Waals surface area contributed by atoms with Gasteiger partial charge in [-0.3, -0.25) is 4.98 Å². The van der Waals surface area contributed by atoms with Crippen LogP contribution in [0.1, 0.15) is 0 Å². The van der Waals surface area contributed by atoms with E-state index < -0.39 is 0 Å². The van der Waals surface area contributed by atoms with E-state index in [0.717, 1.165) is 33.3 Å². The second kappa shape index (κ2) is 6.19. The summed E-state index contributed by atoms with van der Waals surface area (Å²) in [5.41, 5.74) is 4.51. The van der Waals surface area contributed by atoms with E-state index in [4.69, 9.17) is 23.2 Å². The summed E-state index contributed by atoms with van der Waals surface area (Å²) in [6, 6.07) is 15.5. The van der Waals surface area contributed by atoms with Crippen LogP contribution in [0.4, 0.5) is 0 Å². The normalized spacial score (nSPS) is 10.9. The quantitative estimate of drug-likeness (QED) is 0.467. The molecule has 0 aliphatic rings. The Labute approximate surface area is 148 Å². The Bertz CT molecular complexity index is 1050. The Balaban J connectivity index is 1.94. The van der Waals surface area contributed by atoms with Crippen LogP contribution in [0.5, 0.6) is 0 Å². The molecule has 116 valence electrons. The van der Waals surface area contributed by atoms with E-state index in [1.54, 1.807) is 24.8 Å². The minimum atomic E-state index is 0.503. The fourth-order valence-electron chi connectivity index (χ4n) is 2.69. The van der Waals surface area contributed by atoms with E-state index >= 15 is 0 Å². The highest BCUT2D eigenvalue weighted by Gasteiger charge is 2.13. The maximum Gasteiger partial charge on any atom is 0.116 e. The first-order chi connectivity index (χ1) is 11.7. The molecule has 0 aliphatic heterocycles. The number of hydrogen-bond acceptors (Lipinski definition) is 3. The standard InChI is InChI=1S/C19H11Cl2N3/c20-16-5-1-3-15(18(16)21)19-14(4-2-8-23-19)12-6-7-17-13(9-12)10-22-11-24-17/h1-11H. The number of hydrogen-bond donors (Lipinski definition) is 0. The lowest BCUT2D eigenvalue weighted by Crippen LogP contribution is -1.91. The maximum absolute atomic E-state index is 6.39. The molecule has 24 heavy (non-hydrogen) atoms. The van der Waals surface area contributed by atoms with Crippen molar-refractivity contribution in [2.24, 2.45) is 0 Å². The predicted molar refractivity (Wildman–Crippen MR) is 98.2 cm³/mol. The summed E-state index contributed by atoms with van der Waals surface area (Å²) in [5, 5.41) is 1.99. The number of aromatic nitrogens is 3. The first-order valence-electron chi connectivity index (χ1n) is 7.33. The van der Waals surface area contributed by atoms with Gasteiger partial charge in [0.15, 0.2) is 0 Å². The van der Waals surface area contributed by atoms with Crippen LogP contribution in [0, 0.1) is 0 Å². The van der Waals surface area contributed by atoms with Crippen LogP contribution < -0.4 is 0 Å². The van der Waals surface area contributed by atoms with Gasteiger partial charge in [0.25, 0.3) is 0 Å². The molecule has 0 spiro atoms. The van der Waals surface area contributed by atoms with Crippen molar-refractivity contribution in [3.05, 3.63) is 77.3 Å². The molecule has 0 fully saturated rings. The van der Waals surface area contributed by atoms with Gasteiger partial charge in [0.05, 0.1) is 21.3 Å². The van der Waals surface area contributed by atoms with Crippen molar-refractivity contribution < 1.29 is 0 Å². The summed E-state index contributed by atoms with van der Waals surface area (Å²) >= 11 is 12.6. The Kier molecular flexibility index (Phi) is 3.89. The zero-order chi connectivity index (χ0) is 16.5. The third-order valence-corrected chi connectivity index (χ3v) is 4.65. The van der Waals surface area contributed by atoms with Gasteiger partial charge in [-0.25, -0.2) is 9.97 Å². The molecule has 4 rings (SSSR count). The lowest BCUT2D eigenvalue weighted by Gasteiger charge is -2.11. The lowest BCUT2D eigenvalue weighted by molar-refractivity contribution is 1.22.